The van der Waals surface area contributed by atoms with Crippen LogP contribution in [0, 0.1) is 6.07 Å². The number of pyridine rings is 1. The van der Waals surface area contributed by atoms with Crippen molar-refractivity contribution in [1.82, 2.24) is 14.5 Å². The van der Waals surface area contributed by atoms with Crippen LogP contribution in [0.4, 0.5) is 0 Å². The molecule has 0 atom stereocenters. The van der Waals surface area contributed by atoms with Gasteiger partial charge in [0.2, 0.25) is 0 Å². The SMILES string of the molecule is CC(C)(C)c1cc(-c2cc3c(cn2)-c2ccccc2C3(C)C)[c-]c(-c2cccc3c2nc(-c2ccccc2O)n3-c2ccc(C(C)(C)C)cc2-c2ccccc2)c1.[Pt]. The third-order valence-electron chi connectivity index (χ3n) is 11.8. The molecule has 2 aromatic heterocycles. The molecule has 0 saturated heterocycles. The Morgan fingerprint density at radius 3 is 1.97 bits per heavy atom. The topological polar surface area (TPSA) is 50.9 Å². The molecule has 5 heteroatoms. The molecular weight excluding hydrogens is 890 g/mol. The fraction of sp³-hybridized carbons (Fsp3) is 0.208. The maximum Gasteiger partial charge on any atom is 0.148 e. The number of para-hydroxylation sites is 2. The zero-order valence-electron chi connectivity index (χ0n) is 34.4. The Morgan fingerprint density at radius 2 is 1.24 bits per heavy atom. The van der Waals surface area contributed by atoms with Gasteiger partial charge in [-0.3, -0.25) is 9.55 Å². The van der Waals surface area contributed by atoms with Gasteiger partial charge >= 0.3 is 0 Å². The van der Waals surface area contributed by atoms with Crippen molar-refractivity contribution in [1.29, 1.82) is 0 Å². The normalized spacial score (nSPS) is 13.2. The Bertz CT molecular complexity index is 2850. The number of aromatic nitrogens is 3. The first kappa shape index (κ1) is 39.3. The third-order valence-corrected chi connectivity index (χ3v) is 11.8. The molecule has 6 aromatic carbocycles. The van der Waals surface area contributed by atoms with E-state index in [4.69, 9.17) is 9.97 Å². The summed E-state index contributed by atoms with van der Waals surface area (Å²) >= 11 is 0. The Hall–Kier alpha value is -5.57. The van der Waals surface area contributed by atoms with Gasteiger partial charge in [-0.05, 0) is 69.0 Å². The molecule has 2 heterocycles. The predicted molar refractivity (Wildman–Crippen MR) is 236 cm³/mol. The van der Waals surface area contributed by atoms with E-state index < -0.39 is 0 Å². The van der Waals surface area contributed by atoms with Crippen molar-refractivity contribution in [3.63, 3.8) is 0 Å². The van der Waals surface area contributed by atoms with E-state index in [1.165, 1.54) is 33.4 Å². The van der Waals surface area contributed by atoms with Crippen LogP contribution in [0.5, 0.6) is 5.75 Å². The molecular formula is C53H48N3OPt-. The smallest absolute Gasteiger partial charge is 0.148 e. The third kappa shape index (κ3) is 6.62. The summed E-state index contributed by atoms with van der Waals surface area (Å²) in [6.07, 6.45) is 2.05. The zero-order chi connectivity index (χ0) is 39.9. The molecule has 0 fully saturated rings. The number of fused-ring (bicyclic) bond motifs is 4. The number of aromatic hydroxyl groups is 1. The van der Waals surface area contributed by atoms with Crippen molar-refractivity contribution in [2.24, 2.45) is 0 Å². The molecule has 0 amide bonds. The number of imidazole rings is 1. The van der Waals surface area contributed by atoms with Crippen molar-refractivity contribution >= 4 is 11.0 Å². The van der Waals surface area contributed by atoms with Crippen LogP contribution >= 0.6 is 0 Å². The van der Waals surface area contributed by atoms with E-state index in [-0.39, 0.29) is 43.1 Å². The second-order valence-corrected chi connectivity index (χ2v) is 18.0. The van der Waals surface area contributed by atoms with Crippen LogP contribution in [0.15, 0.2) is 140 Å². The summed E-state index contributed by atoms with van der Waals surface area (Å²) in [4.78, 5) is 10.5. The first-order valence-electron chi connectivity index (χ1n) is 19.9. The van der Waals surface area contributed by atoms with Gasteiger partial charge in [-0.1, -0.05) is 158 Å². The van der Waals surface area contributed by atoms with E-state index in [2.05, 4.69) is 175 Å². The minimum absolute atomic E-state index is 0. The van der Waals surface area contributed by atoms with E-state index in [1.807, 2.05) is 24.4 Å². The number of phenolic OH excluding ortho intramolecular Hbond substituents is 1. The van der Waals surface area contributed by atoms with Gasteiger partial charge in [-0.2, -0.15) is 0 Å². The summed E-state index contributed by atoms with van der Waals surface area (Å²) in [7, 11) is 0. The van der Waals surface area contributed by atoms with Crippen molar-refractivity contribution in [2.75, 3.05) is 0 Å². The Labute approximate surface area is 357 Å². The summed E-state index contributed by atoms with van der Waals surface area (Å²) < 4.78 is 2.22. The fourth-order valence-corrected chi connectivity index (χ4v) is 8.48. The molecule has 292 valence electrons. The summed E-state index contributed by atoms with van der Waals surface area (Å²) in [6, 6.07) is 50.5. The van der Waals surface area contributed by atoms with Gasteiger partial charge in [0.1, 0.15) is 11.6 Å². The maximum atomic E-state index is 11.4. The van der Waals surface area contributed by atoms with Crippen LogP contribution in [0.1, 0.15) is 77.6 Å². The molecule has 9 rings (SSSR count). The van der Waals surface area contributed by atoms with E-state index in [0.717, 1.165) is 50.2 Å². The molecule has 0 aliphatic heterocycles. The molecule has 0 unspecified atom stereocenters. The van der Waals surface area contributed by atoms with Crippen LogP contribution in [0.3, 0.4) is 0 Å². The number of nitrogens with zero attached hydrogens (tertiary/aromatic N) is 3. The van der Waals surface area contributed by atoms with Crippen LogP contribution in [0.2, 0.25) is 0 Å². The summed E-state index contributed by atoms with van der Waals surface area (Å²) in [5.41, 5.74) is 16.6. The zero-order valence-corrected chi connectivity index (χ0v) is 36.7. The second kappa shape index (κ2) is 14.4. The second-order valence-electron chi connectivity index (χ2n) is 18.0. The molecule has 0 radical (unpaired) electrons. The van der Waals surface area contributed by atoms with E-state index in [0.29, 0.717) is 11.4 Å². The number of phenols is 1. The maximum absolute atomic E-state index is 11.4. The molecule has 1 aliphatic rings. The van der Waals surface area contributed by atoms with Gasteiger partial charge < -0.3 is 5.11 Å². The summed E-state index contributed by atoms with van der Waals surface area (Å²) in [6.45, 7) is 18.1. The molecule has 0 spiro atoms. The van der Waals surface area contributed by atoms with E-state index in [9.17, 15) is 5.11 Å². The van der Waals surface area contributed by atoms with Gasteiger partial charge in [-0.15, -0.1) is 29.3 Å². The van der Waals surface area contributed by atoms with Gasteiger partial charge in [0, 0.05) is 49.5 Å². The largest absolute Gasteiger partial charge is 0.507 e. The van der Waals surface area contributed by atoms with Gasteiger partial charge in [0.05, 0.1) is 22.3 Å². The fourth-order valence-electron chi connectivity index (χ4n) is 8.48. The van der Waals surface area contributed by atoms with Gasteiger partial charge in [0.25, 0.3) is 0 Å². The quantitative estimate of drug-likeness (QED) is 0.175. The van der Waals surface area contributed by atoms with Crippen LogP contribution in [-0.2, 0) is 37.3 Å². The van der Waals surface area contributed by atoms with Gasteiger partial charge in [-0.25, -0.2) is 4.98 Å². The molecule has 58 heavy (non-hydrogen) atoms. The van der Waals surface area contributed by atoms with Crippen molar-refractivity contribution in [3.05, 3.63) is 168 Å². The number of rotatable bonds is 5. The van der Waals surface area contributed by atoms with Crippen LogP contribution in [0.25, 0.3) is 72.7 Å². The summed E-state index contributed by atoms with van der Waals surface area (Å²) in [5, 5.41) is 11.4. The molecule has 1 N–H and O–H groups in total. The number of hydrogen-bond acceptors (Lipinski definition) is 3. The average Bonchev–Trinajstić information content (AvgIpc) is 3.69. The summed E-state index contributed by atoms with van der Waals surface area (Å²) in [5.74, 6) is 0.852. The molecule has 0 bridgehead atoms. The van der Waals surface area contributed by atoms with E-state index >= 15 is 0 Å². The molecule has 0 saturated carbocycles. The van der Waals surface area contributed by atoms with Crippen molar-refractivity contribution < 1.29 is 26.2 Å². The first-order chi connectivity index (χ1) is 27.2. The van der Waals surface area contributed by atoms with Gasteiger partial charge in [0.15, 0.2) is 0 Å². The molecule has 8 aromatic rings. The molecule has 1 aliphatic carbocycles. The van der Waals surface area contributed by atoms with Crippen LogP contribution < -0.4 is 0 Å². The minimum atomic E-state index is -0.143. The van der Waals surface area contributed by atoms with Crippen LogP contribution in [-0.4, -0.2) is 19.6 Å². The van der Waals surface area contributed by atoms with Crippen molar-refractivity contribution in [3.8, 4) is 67.5 Å². The predicted octanol–water partition coefficient (Wildman–Crippen LogP) is 13.5. The van der Waals surface area contributed by atoms with Crippen molar-refractivity contribution in [2.45, 2.75) is 71.6 Å². The monoisotopic (exact) mass is 937 g/mol. The van der Waals surface area contributed by atoms with E-state index in [1.54, 1.807) is 6.07 Å². The average molecular weight is 938 g/mol. The molecule has 4 nitrogen and oxygen atoms in total. The number of hydrogen-bond donors (Lipinski definition) is 1. The Kier molecular flexibility index (Phi) is 9.72. The minimum Gasteiger partial charge on any atom is -0.507 e. The Morgan fingerprint density at radius 1 is 0.586 bits per heavy atom. The first-order valence-corrected chi connectivity index (χ1v) is 19.9. The number of benzene rings is 6. The standard InChI is InChI=1S/C53H48N3O.Pt/c1-51(2,3)36-25-26-46(41(30-36)33-17-10-9-11-18-33)56-47-23-16-21-38(49(47)55-50(56)40-20-13-15-24-48(40)57)34-27-35(29-37(28-34)52(4,5)6)45-31-44-42(32-54-45)39-19-12-14-22-43(39)53(44,7)8;/h9-26,28-32,57H,1-8H3;/q-1;. The Balaban J connectivity index is 0.00000469.